The molecule has 0 radical (unpaired) electrons. The lowest BCUT2D eigenvalue weighted by Gasteiger charge is -2.16. The minimum atomic E-state index is -0.231. The minimum absolute atomic E-state index is 0.231. The number of carbonyl (C=O) groups excluding carboxylic acids is 2. The van der Waals surface area contributed by atoms with Gasteiger partial charge in [0.15, 0.2) is 0 Å². The van der Waals surface area contributed by atoms with Crippen LogP contribution in [0.4, 0.5) is 0 Å². The van der Waals surface area contributed by atoms with E-state index in [1.54, 1.807) is 5.01 Å². The third kappa shape index (κ3) is 2.64. The molecule has 0 aromatic rings. The first-order valence-corrected chi connectivity index (χ1v) is 4.05. The summed E-state index contributed by atoms with van der Waals surface area (Å²) >= 11 is 0. The predicted molar refractivity (Wildman–Crippen MR) is 47.5 cm³/mol. The summed E-state index contributed by atoms with van der Waals surface area (Å²) in [4.78, 5) is 23.3. The van der Waals surface area contributed by atoms with Crippen LogP contribution in [-0.4, -0.2) is 48.9 Å². The summed E-state index contributed by atoms with van der Waals surface area (Å²) in [5.74, 6) is -0.462. The minimum Gasteiger partial charge on any atom is -0.274 e. The number of nitrogens with zero attached hydrogens (tertiary/aromatic N) is 2. The summed E-state index contributed by atoms with van der Waals surface area (Å²) in [5.41, 5.74) is 2.97. The molecular formula is C8H13N3O2. The van der Waals surface area contributed by atoms with E-state index >= 15 is 0 Å². The van der Waals surface area contributed by atoms with Crippen LogP contribution in [0.5, 0.6) is 0 Å². The molecule has 0 aromatic heterocycles. The molecule has 0 aromatic carbocycles. The van der Waals surface area contributed by atoms with Crippen molar-refractivity contribution in [3.8, 4) is 0 Å². The number of imide groups is 1. The number of rotatable bonds is 4. The summed E-state index contributed by atoms with van der Waals surface area (Å²) in [6.45, 7) is 0.981. The van der Waals surface area contributed by atoms with E-state index in [9.17, 15) is 9.59 Å². The van der Waals surface area contributed by atoms with Crippen molar-refractivity contribution in [2.24, 2.45) is 0 Å². The van der Waals surface area contributed by atoms with Crippen LogP contribution < -0.4 is 5.43 Å². The SMILES string of the molecule is CN(C)NCCN1C(=O)C=CC1=O. The monoisotopic (exact) mass is 183 g/mol. The largest absolute Gasteiger partial charge is 0.274 e. The van der Waals surface area contributed by atoms with E-state index < -0.39 is 0 Å². The Labute approximate surface area is 77.0 Å². The van der Waals surface area contributed by atoms with Crippen molar-refractivity contribution in [1.29, 1.82) is 0 Å². The Morgan fingerprint density at radius 2 is 1.85 bits per heavy atom. The average molecular weight is 183 g/mol. The third-order valence-corrected chi connectivity index (χ3v) is 1.66. The fourth-order valence-corrected chi connectivity index (χ4v) is 1.04. The van der Waals surface area contributed by atoms with E-state index in [0.717, 1.165) is 0 Å². The van der Waals surface area contributed by atoms with Gasteiger partial charge in [-0.15, -0.1) is 0 Å². The Bertz CT molecular complexity index is 230. The highest BCUT2D eigenvalue weighted by Crippen LogP contribution is 2.01. The maximum Gasteiger partial charge on any atom is 0.253 e. The third-order valence-electron chi connectivity index (χ3n) is 1.66. The van der Waals surface area contributed by atoms with Gasteiger partial charge in [0.25, 0.3) is 11.8 Å². The normalized spacial score (nSPS) is 16.4. The topological polar surface area (TPSA) is 52.6 Å². The second-order valence-corrected chi connectivity index (χ2v) is 2.96. The Morgan fingerprint density at radius 1 is 1.31 bits per heavy atom. The van der Waals surface area contributed by atoms with E-state index in [-0.39, 0.29) is 11.8 Å². The molecule has 72 valence electrons. The molecule has 1 rings (SSSR count). The van der Waals surface area contributed by atoms with E-state index in [0.29, 0.717) is 13.1 Å². The van der Waals surface area contributed by atoms with Crippen molar-refractivity contribution in [3.63, 3.8) is 0 Å². The zero-order valence-corrected chi connectivity index (χ0v) is 7.78. The van der Waals surface area contributed by atoms with E-state index in [1.165, 1.54) is 17.1 Å². The molecule has 0 aliphatic carbocycles. The Hall–Kier alpha value is -1.20. The molecule has 1 aliphatic heterocycles. The Balaban J connectivity index is 2.30. The fraction of sp³-hybridized carbons (Fsp3) is 0.500. The number of hydrogen-bond acceptors (Lipinski definition) is 4. The maximum atomic E-state index is 11.0. The molecule has 0 saturated heterocycles. The van der Waals surface area contributed by atoms with Crippen LogP contribution in [0.2, 0.25) is 0 Å². The van der Waals surface area contributed by atoms with Crippen molar-refractivity contribution >= 4 is 11.8 Å². The molecule has 0 fully saturated rings. The zero-order chi connectivity index (χ0) is 9.84. The standard InChI is InChI=1S/C8H13N3O2/c1-10(2)9-5-6-11-7(12)3-4-8(11)13/h3-4,9H,5-6H2,1-2H3. The van der Waals surface area contributed by atoms with Crippen LogP contribution in [0, 0.1) is 0 Å². The molecular weight excluding hydrogens is 170 g/mol. The first-order valence-electron chi connectivity index (χ1n) is 4.05. The first-order chi connectivity index (χ1) is 6.11. The van der Waals surface area contributed by atoms with Gasteiger partial charge in [0.1, 0.15) is 0 Å². The second kappa shape index (κ2) is 4.15. The van der Waals surface area contributed by atoms with Gasteiger partial charge in [-0.25, -0.2) is 0 Å². The molecule has 0 atom stereocenters. The van der Waals surface area contributed by atoms with Crippen LogP contribution in [0.15, 0.2) is 12.2 Å². The molecule has 0 saturated carbocycles. The summed E-state index contributed by atoms with van der Waals surface area (Å²) in [6, 6.07) is 0. The van der Waals surface area contributed by atoms with Gasteiger partial charge in [-0.2, -0.15) is 0 Å². The number of nitrogens with one attached hydrogen (secondary N) is 1. The van der Waals surface area contributed by atoms with Gasteiger partial charge < -0.3 is 0 Å². The van der Waals surface area contributed by atoms with Gasteiger partial charge in [-0.1, -0.05) is 0 Å². The van der Waals surface area contributed by atoms with Gasteiger partial charge in [0, 0.05) is 39.3 Å². The smallest absolute Gasteiger partial charge is 0.253 e. The van der Waals surface area contributed by atoms with Gasteiger partial charge in [-0.05, 0) is 0 Å². The fourth-order valence-electron chi connectivity index (χ4n) is 1.04. The molecule has 5 nitrogen and oxygen atoms in total. The van der Waals surface area contributed by atoms with Crippen LogP contribution in [0.3, 0.4) is 0 Å². The lowest BCUT2D eigenvalue weighted by Crippen LogP contribution is -2.40. The lowest BCUT2D eigenvalue weighted by molar-refractivity contribution is -0.136. The van der Waals surface area contributed by atoms with Crippen LogP contribution in [0.25, 0.3) is 0 Å². The van der Waals surface area contributed by atoms with E-state index in [1.807, 2.05) is 14.1 Å². The zero-order valence-electron chi connectivity index (χ0n) is 7.78. The van der Waals surface area contributed by atoms with Crippen molar-refractivity contribution in [1.82, 2.24) is 15.3 Å². The van der Waals surface area contributed by atoms with Crippen molar-refractivity contribution < 1.29 is 9.59 Å². The van der Waals surface area contributed by atoms with Crippen LogP contribution >= 0.6 is 0 Å². The highest BCUT2D eigenvalue weighted by atomic mass is 16.2. The van der Waals surface area contributed by atoms with E-state index in [2.05, 4.69) is 5.43 Å². The summed E-state index contributed by atoms with van der Waals surface area (Å²) in [7, 11) is 3.71. The van der Waals surface area contributed by atoms with E-state index in [4.69, 9.17) is 0 Å². The number of hydrogen-bond donors (Lipinski definition) is 1. The summed E-state index contributed by atoms with van der Waals surface area (Å²) < 4.78 is 0. The second-order valence-electron chi connectivity index (χ2n) is 2.96. The quantitative estimate of drug-likeness (QED) is 0.447. The molecule has 0 unspecified atom stereocenters. The van der Waals surface area contributed by atoms with Crippen molar-refractivity contribution in [2.45, 2.75) is 0 Å². The number of hydrazine groups is 1. The van der Waals surface area contributed by atoms with Gasteiger partial charge in [-0.3, -0.25) is 24.9 Å². The molecule has 1 heterocycles. The molecule has 0 spiro atoms. The van der Waals surface area contributed by atoms with Gasteiger partial charge in [0.2, 0.25) is 0 Å². The molecule has 5 heteroatoms. The lowest BCUT2D eigenvalue weighted by atomic mass is 10.5. The maximum absolute atomic E-state index is 11.0. The summed E-state index contributed by atoms with van der Waals surface area (Å²) in [6.07, 6.45) is 2.58. The number of amides is 2. The molecule has 13 heavy (non-hydrogen) atoms. The Morgan fingerprint density at radius 3 is 2.31 bits per heavy atom. The van der Waals surface area contributed by atoms with Crippen LogP contribution in [-0.2, 0) is 9.59 Å². The Kier molecular flexibility index (Phi) is 3.16. The van der Waals surface area contributed by atoms with Gasteiger partial charge in [0.05, 0.1) is 0 Å². The molecule has 0 bridgehead atoms. The molecule has 1 aliphatic rings. The van der Waals surface area contributed by atoms with Gasteiger partial charge >= 0.3 is 0 Å². The van der Waals surface area contributed by atoms with Crippen molar-refractivity contribution in [3.05, 3.63) is 12.2 Å². The average Bonchev–Trinajstić information content (AvgIpc) is 2.34. The highest BCUT2D eigenvalue weighted by molar-refractivity contribution is 6.12. The molecule has 1 N–H and O–H groups in total. The molecule has 2 amide bonds. The highest BCUT2D eigenvalue weighted by Gasteiger charge is 2.22. The first kappa shape index (κ1) is 9.88. The van der Waals surface area contributed by atoms with Crippen molar-refractivity contribution in [2.75, 3.05) is 27.2 Å². The summed E-state index contributed by atoms with van der Waals surface area (Å²) in [5, 5.41) is 1.78. The predicted octanol–water partition coefficient (Wildman–Crippen LogP) is -1.02. The number of carbonyl (C=O) groups is 2. The van der Waals surface area contributed by atoms with Crippen LogP contribution in [0.1, 0.15) is 0 Å².